The molecule has 2 aromatic heterocycles. The van der Waals surface area contributed by atoms with E-state index in [0.29, 0.717) is 28.8 Å². The Morgan fingerprint density at radius 3 is 1.67 bits per heavy atom. The zero-order valence-electron chi connectivity index (χ0n) is 26.9. The van der Waals surface area contributed by atoms with Crippen LogP contribution in [0, 0.1) is 5.82 Å². The number of amides is 2. The van der Waals surface area contributed by atoms with Gasteiger partial charge in [-0.1, -0.05) is 0 Å². The maximum absolute atomic E-state index is 12.3. The van der Waals surface area contributed by atoms with Crippen molar-refractivity contribution in [3.63, 3.8) is 0 Å². The quantitative estimate of drug-likeness (QED) is 0.319. The number of hydrogen-bond acceptors (Lipinski definition) is 8. The van der Waals surface area contributed by atoms with Crippen molar-refractivity contribution in [3.05, 3.63) is 51.7 Å². The van der Waals surface area contributed by atoms with Crippen LogP contribution in [0.15, 0.2) is 45.9 Å². The van der Waals surface area contributed by atoms with Gasteiger partial charge in [0.25, 0.3) is 0 Å². The van der Waals surface area contributed by atoms with E-state index in [1.165, 1.54) is 36.9 Å². The van der Waals surface area contributed by atoms with Gasteiger partial charge in [-0.3, -0.25) is 0 Å². The molecule has 1 N–H and O–H groups in total. The molecule has 6 rings (SSSR count). The lowest BCUT2D eigenvalue weighted by atomic mass is 10.1. The third-order valence-electron chi connectivity index (χ3n) is 7.70. The van der Waals surface area contributed by atoms with Gasteiger partial charge >= 0.3 is 12.2 Å². The topological polar surface area (TPSA) is 100 Å². The molecule has 4 aliphatic rings. The van der Waals surface area contributed by atoms with E-state index in [4.69, 9.17) is 9.47 Å². The van der Waals surface area contributed by atoms with Crippen molar-refractivity contribution >= 4 is 49.7 Å². The molecule has 4 fully saturated rings. The highest BCUT2D eigenvalue weighted by Gasteiger charge is 2.42. The number of rotatable bonds is 1. The Kier molecular flexibility index (Phi) is 11.7. The van der Waals surface area contributed by atoms with Gasteiger partial charge in [-0.2, -0.15) is 0 Å². The summed E-state index contributed by atoms with van der Waals surface area (Å²) in [7, 11) is 0. The molecule has 6 heterocycles. The average Bonchev–Trinajstić information content (AvgIpc) is 3.40. The minimum atomic E-state index is -0.441. The summed E-state index contributed by atoms with van der Waals surface area (Å²) in [6, 6.07) is 8.38. The normalized spacial score (nSPS) is 23.8. The summed E-state index contributed by atoms with van der Waals surface area (Å²) in [5, 5.41) is 3.49. The van der Waals surface area contributed by atoms with Crippen molar-refractivity contribution in [3.8, 4) is 0 Å². The molecule has 10 nitrogen and oxygen atoms in total. The van der Waals surface area contributed by atoms with E-state index in [1.807, 2.05) is 63.6 Å². The summed E-state index contributed by atoms with van der Waals surface area (Å²) in [6.07, 6.45) is 7.46. The lowest BCUT2D eigenvalue weighted by Crippen LogP contribution is -2.56. The highest BCUT2D eigenvalue weighted by Crippen LogP contribution is 2.36. The van der Waals surface area contributed by atoms with Crippen LogP contribution in [0.3, 0.4) is 0 Å². The lowest BCUT2D eigenvalue weighted by Gasteiger charge is -2.42. The third-order valence-corrected chi connectivity index (χ3v) is 8.57. The molecule has 4 bridgehead atoms. The van der Waals surface area contributed by atoms with Crippen LogP contribution in [-0.4, -0.2) is 93.5 Å². The molecule has 4 unspecified atom stereocenters. The second kappa shape index (κ2) is 14.9. The number of likely N-dealkylation sites (tertiary alicyclic amines) is 2. The fraction of sp³-hybridized carbons (Fsp3) is 0.625. The van der Waals surface area contributed by atoms with Gasteiger partial charge in [-0.15, -0.1) is 0 Å². The molecule has 13 heteroatoms. The molecule has 0 spiro atoms. The van der Waals surface area contributed by atoms with Crippen molar-refractivity contribution in [2.45, 2.75) is 103 Å². The highest BCUT2D eigenvalue weighted by atomic mass is 79.9. The zero-order valence-corrected chi connectivity index (χ0v) is 30.1. The Bertz CT molecular complexity index is 1280. The Morgan fingerprint density at radius 2 is 1.24 bits per heavy atom. The van der Waals surface area contributed by atoms with Crippen LogP contribution in [0.1, 0.15) is 67.2 Å². The summed E-state index contributed by atoms with van der Waals surface area (Å²) < 4.78 is 24.3. The minimum absolute atomic E-state index is 0.166. The molecule has 4 atom stereocenters. The van der Waals surface area contributed by atoms with Gasteiger partial charge in [0.2, 0.25) is 0 Å². The number of anilines is 1. The first-order chi connectivity index (χ1) is 21.1. The maximum Gasteiger partial charge on any atom is 0.410 e. The number of hydrogen-bond donors (Lipinski definition) is 1. The zero-order chi connectivity index (χ0) is 32.9. The van der Waals surface area contributed by atoms with Gasteiger partial charge in [0, 0.05) is 74.5 Å². The Morgan fingerprint density at radius 1 is 0.778 bits per heavy atom. The van der Waals surface area contributed by atoms with E-state index in [0.717, 1.165) is 43.6 Å². The first-order valence-corrected chi connectivity index (χ1v) is 17.0. The number of pyridine rings is 2. The largest absolute Gasteiger partial charge is 0.444 e. The second-order valence-corrected chi connectivity index (χ2v) is 15.5. The Balaban J connectivity index is 0.000000172. The number of fused-ring (bicyclic) bond motifs is 4. The van der Waals surface area contributed by atoms with Crippen LogP contribution in [-0.2, 0) is 9.47 Å². The molecule has 4 saturated heterocycles. The minimum Gasteiger partial charge on any atom is -0.444 e. The van der Waals surface area contributed by atoms with E-state index >= 15 is 0 Å². The summed E-state index contributed by atoms with van der Waals surface area (Å²) in [4.78, 5) is 38.2. The van der Waals surface area contributed by atoms with E-state index in [2.05, 4.69) is 58.1 Å². The number of nitrogens with zero attached hydrogens (tertiary/aromatic N) is 5. The van der Waals surface area contributed by atoms with Crippen molar-refractivity contribution in [1.82, 2.24) is 25.1 Å². The van der Waals surface area contributed by atoms with Gasteiger partial charge in [0.1, 0.15) is 26.2 Å². The number of carbonyl (C=O) groups excluding carboxylic acids is 2. The van der Waals surface area contributed by atoms with E-state index < -0.39 is 5.60 Å². The SMILES string of the molecule is CC(C)(C)OC(=O)N1CC2CCC(C1)N2.CC(C)(C)OC(=O)N1CC2CCC(C1)N2c1ccnc(Br)c1.Fc1ccnc(Br)c1. The predicted octanol–water partition coefficient (Wildman–Crippen LogP) is 6.77. The van der Waals surface area contributed by atoms with Gasteiger partial charge in [0.05, 0.1) is 0 Å². The van der Waals surface area contributed by atoms with Crippen LogP contribution in [0.4, 0.5) is 19.7 Å². The van der Waals surface area contributed by atoms with Gasteiger partial charge < -0.3 is 29.5 Å². The predicted molar refractivity (Wildman–Crippen MR) is 179 cm³/mol. The summed E-state index contributed by atoms with van der Waals surface area (Å²) in [6.45, 7) is 14.5. The van der Waals surface area contributed by atoms with Crippen LogP contribution in [0.2, 0.25) is 0 Å². The summed E-state index contributed by atoms with van der Waals surface area (Å²) in [5.41, 5.74) is 0.350. The van der Waals surface area contributed by atoms with E-state index in [9.17, 15) is 14.0 Å². The van der Waals surface area contributed by atoms with Gasteiger partial charge in [-0.25, -0.2) is 23.9 Å². The number of halogens is 3. The monoisotopic (exact) mass is 754 g/mol. The molecule has 0 aliphatic carbocycles. The molecular formula is C32H45Br2FN6O4. The summed E-state index contributed by atoms with van der Waals surface area (Å²) in [5.74, 6) is -0.271. The molecule has 0 radical (unpaired) electrons. The first kappa shape index (κ1) is 35.3. The summed E-state index contributed by atoms with van der Waals surface area (Å²) >= 11 is 6.45. The number of piperazine rings is 2. The lowest BCUT2D eigenvalue weighted by molar-refractivity contribution is 0.0186. The smallest absolute Gasteiger partial charge is 0.410 e. The number of aromatic nitrogens is 2. The highest BCUT2D eigenvalue weighted by molar-refractivity contribution is 9.10. The first-order valence-electron chi connectivity index (χ1n) is 15.4. The average molecular weight is 757 g/mol. The molecule has 0 saturated carbocycles. The van der Waals surface area contributed by atoms with Crippen molar-refractivity contribution in [2.24, 2.45) is 0 Å². The number of ether oxygens (including phenoxy) is 2. The third kappa shape index (κ3) is 10.8. The molecule has 45 heavy (non-hydrogen) atoms. The molecule has 248 valence electrons. The standard InChI is InChI=1S/C16H22BrN3O2.C11H20N2O2.C5H3BrFN/c1-16(2,3)22-15(21)19-9-12-4-5-13(10-19)20(12)11-6-7-18-14(17)8-11;1-11(2,3)15-10(14)13-6-8-4-5-9(7-13)12-8;6-5-3-4(7)1-2-8-5/h6-8,12-13H,4-5,9-10H2,1-3H3;8-9,12H,4-7H2,1-3H3;1-3H. The van der Waals surface area contributed by atoms with Gasteiger partial charge in [-0.05, 0) is 117 Å². The van der Waals surface area contributed by atoms with E-state index in [-0.39, 0.29) is 23.6 Å². The van der Waals surface area contributed by atoms with Crippen molar-refractivity contribution < 1.29 is 23.5 Å². The van der Waals surface area contributed by atoms with E-state index in [1.54, 1.807) is 0 Å². The molecule has 2 amide bonds. The van der Waals surface area contributed by atoms with Crippen LogP contribution < -0.4 is 10.2 Å². The van der Waals surface area contributed by atoms with Crippen molar-refractivity contribution in [2.75, 3.05) is 31.1 Å². The Hall–Kier alpha value is -2.51. The molecule has 0 aromatic carbocycles. The second-order valence-electron chi connectivity index (χ2n) is 13.8. The number of carbonyl (C=O) groups is 2. The maximum atomic E-state index is 12.3. The van der Waals surface area contributed by atoms with Gasteiger partial charge in [0.15, 0.2) is 0 Å². The van der Waals surface area contributed by atoms with Crippen LogP contribution in [0.5, 0.6) is 0 Å². The van der Waals surface area contributed by atoms with Crippen molar-refractivity contribution in [1.29, 1.82) is 0 Å². The van der Waals surface area contributed by atoms with Crippen LogP contribution >= 0.6 is 31.9 Å². The Labute approximate surface area is 282 Å². The number of nitrogens with one attached hydrogen (secondary N) is 1. The molecule has 2 aromatic rings. The molecular weight excluding hydrogens is 711 g/mol. The fourth-order valence-electron chi connectivity index (χ4n) is 6.00. The molecule has 4 aliphatic heterocycles. The van der Waals surface area contributed by atoms with Crippen LogP contribution in [0.25, 0.3) is 0 Å². The fourth-order valence-corrected chi connectivity index (χ4v) is 6.69.